The van der Waals surface area contributed by atoms with Crippen molar-refractivity contribution in [2.45, 2.75) is 6.42 Å². The van der Waals surface area contributed by atoms with Crippen LogP contribution in [0.15, 0.2) is 6.20 Å². The number of hydrogen-bond donors (Lipinski definition) is 2. The summed E-state index contributed by atoms with van der Waals surface area (Å²) in [4.78, 5) is 7.82. The van der Waals surface area contributed by atoms with Gasteiger partial charge in [-0.2, -0.15) is 0 Å². The molecule has 1 aromatic heterocycles. The zero-order valence-electron chi connectivity index (χ0n) is 8.20. The normalized spacial score (nSPS) is 18.6. The fourth-order valence-electron chi connectivity index (χ4n) is 1.64. The molecule has 0 unspecified atom stereocenters. The van der Waals surface area contributed by atoms with Crippen molar-refractivity contribution in [3.63, 3.8) is 0 Å². The van der Waals surface area contributed by atoms with Crippen molar-refractivity contribution in [3.8, 4) is 0 Å². The first-order valence-electron chi connectivity index (χ1n) is 4.98. The van der Waals surface area contributed by atoms with Crippen molar-refractivity contribution in [2.75, 3.05) is 38.5 Å². The van der Waals surface area contributed by atoms with Crippen LogP contribution in [0, 0.1) is 0 Å². The summed E-state index contributed by atoms with van der Waals surface area (Å²) in [7, 11) is 0. The van der Waals surface area contributed by atoms with Gasteiger partial charge in [0, 0.05) is 43.8 Å². The molecule has 78 valence electrons. The number of nitrogen functional groups attached to an aromatic ring is 1. The Balaban J connectivity index is 1.76. The Kier molecular flexibility index (Phi) is 3.34. The average molecular weight is 212 g/mol. The predicted molar refractivity (Wildman–Crippen MR) is 59.5 cm³/mol. The molecule has 0 saturated carbocycles. The maximum Gasteiger partial charge on any atom is 0.180 e. The van der Waals surface area contributed by atoms with Gasteiger partial charge in [-0.1, -0.05) is 0 Å². The Hall–Kier alpha value is -0.650. The molecule has 3 N–H and O–H groups in total. The zero-order valence-corrected chi connectivity index (χ0v) is 9.02. The largest absolute Gasteiger partial charge is 0.375 e. The molecule has 1 aromatic rings. The highest BCUT2D eigenvalue weighted by Gasteiger charge is 2.09. The van der Waals surface area contributed by atoms with E-state index in [1.54, 1.807) is 11.3 Å². The highest BCUT2D eigenvalue weighted by atomic mass is 32.1. The summed E-state index contributed by atoms with van der Waals surface area (Å²) < 4.78 is 0. The molecule has 1 saturated heterocycles. The van der Waals surface area contributed by atoms with E-state index in [4.69, 9.17) is 5.73 Å². The molecule has 0 amide bonds. The van der Waals surface area contributed by atoms with E-state index >= 15 is 0 Å². The van der Waals surface area contributed by atoms with Gasteiger partial charge in [0.2, 0.25) is 0 Å². The Labute approximate surface area is 88.1 Å². The average Bonchev–Trinajstić information content (AvgIpc) is 2.63. The molecule has 0 spiro atoms. The van der Waals surface area contributed by atoms with E-state index in [0.717, 1.165) is 39.1 Å². The molecular weight excluding hydrogens is 196 g/mol. The number of thiazole rings is 1. The molecule has 5 heteroatoms. The Morgan fingerprint density at radius 2 is 2.29 bits per heavy atom. The third-order valence-electron chi connectivity index (χ3n) is 2.46. The second-order valence-electron chi connectivity index (χ2n) is 3.51. The van der Waals surface area contributed by atoms with Crippen molar-refractivity contribution in [2.24, 2.45) is 0 Å². The fourth-order valence-corrected chi connectivity index (χ4v) is 2.31. The Bertz CT molecular complexity index is 280. The molecule has 0 aromatic carbocycles. The van der Waals surface area contributed by atoms with Crippen molar-refractivity contribution >= 4 is 16.5 Å². The number of anilines is 1. The number of piperazine rings is 1. The number of rotatable bonds is 3. The van der Waals surface area contributed by atoms with E-state index in [9.17, 15) is 0 Å². The molecule has 2 heterocycles. The molecule has 0 radical (unpaired) electrons. The number of nitrogens with one attached hydrogen (secondary N) is 1. The van der Waals surface area contributed by atoms with Crippen LogP contribution >= 0.6 is 11.3 Å². The number of nitrogens with two attached hydrogens (primary N) is 1. The van der Waals surface area contributed by atoms with Crippen LogP contribution in [0.2, 0.25) is 0 Å². The van der Waals surface area contributed by atoms with Gasteiger partial charge >= 0.3 is 0 Å². The summed E-state index contributed by atoms with van der Waals surface area (Å²) in [6.07, 6.45) is 2.97. The fraction of sp³-hybridized carbons (Fsp3) is 0.667. The molecule has 0 atom stereocenters. The van der Waals surface area contributed by atoms with Gasteiger partial charge in [0.15, 0.2) is 5.13 Å². The Morgan fingerprint density at radius 1 is 1.50 bits per heavy atom. The van der Waals surface area contributed by atoms with E-state index in [-0.39, 0.29) is 0 Å². The summed E-state index contributed by atoms with van der Waals surface area (Å²) in [6.45, 7) is 5.68. The van der Waals surface area contributed by atoms with Gasteiger partial charge in [0.25, 0.3) is 0 Å². The first-order valence-corrected chi connectivity index (χ1v) is 5.79. The SMILES string of the molecule is Nc1ncc(CCN2CCNCC2)s1. The molecule has 0 bridgehead atoms. The lowest BCUT2D eigenvalue weighted by Crippen LogP contribution is -2.44. The quantitative estimate of drug-likeness (QED) is 0.750. The highest BCUT2D eigenvalue weighted by Crippen LogP contribution is 2.15. The van der Waals surface area contributed by atoms with Crippen molar-refractivity contribution in [1.82, 2.24) is 15.2 Å². The topological polar surface area (TPSA) is 54.2 Å². The first kappa shape index (κ1) is 9.89. The highest BCUT2D eigenvalue weighted by molar-refractivity contribution is 7.15. The van der Waals surface area contributed by atoms with E-state index < -0.39 is 0 Å². The lowest BCUT2D eigenvalue weighted by molar-refractivity contribution is 0.244. The van der Waals surface area contributed by atoms with E-state index in [2.05, 4.69) is 15.2 Å². The number of hydrogen-bond acceptors (Lipinski definition) is 5. The van der Waals surface area contributed by atoms with Crippen LogP contribution < -0.4 is 11.1 Å². The van der Waals surface area contributed by atoms with Crippen molar-refractivity contribution in [1.29, 1.82) is 0 Å². The molecule has 1 fully saturated rings. The summed E-state index contributed by atoms with van der Waals surface area (Å²) >= 11 is 1.60. The number of aromatic nitrogens is 1. The summed E-state index contributed by atoms with van der Waals surface area (Å²) in [5.74, 6) is 0. The van der Waals surface area contributed by atoms with Gasteiger partial charge in [0.1, 0.15) is 0 Å². The second-order valence-corrected chi connectivity index (χ2v) is 4.65. The lowest BCUT2D eigenvalue weighted by atomic mass is 10.3. The van der Waals surface area contributed by atoms with Crippen LogP contribution in [0.5, 0.6) is 0 Å². The maximum absolute atomic E-state index is 5.57. The molecule has 4 nitrogen and oxygen atoms in total. The molecule has 1 aliphatic heterocycles. The molecule has 2 rings (SSSR count). The van der Waals surface area contributed by atoms with Gasteiger partial charge in [-0.15, -0.1) is 11.3 Å². The monoisotopic (exact) mass is 212 g/mol. The van der Waals surface area contributed by atoms with Gasteiger partial charge in [0.05, 0.1) is 0 Å². The van der Waals surface area contributed by atoms with Gasteiger partial charge in [-0.3, -0.25) is 0 Å². The standard InChI is InChI=1S/C9H16N4S/c10-9-12-7-8(14-9)1-4-13-5-2-11-3-6-13/h7,11H,1-6H2,(H2,10,12). The molecule has 1 aliphatic rings. The van der Waals surface area contributed by atoms with Gasteiger partial charge in [-0.25, -0.2) is 4.98 Å². The van der Waals surface area contributed by atoms with Crippen LogP contribution in [0.25, 0.3) is 0 Å². The van der Waals surface area contributed by atoms with Crippen molar-refractivity contribution < 1.29 is 0 Å². The van der Waals surface area contributed by atoms with Crippen LogP contribution in [-0.2, 0) is 6.42 Å². The van der Waals surface area contributed by atoms with Crippen LogP contribution in [0.4, 0.5) is 5.13 Å². The minimum Gasteiger partial charge on any atom is -0.375 e. The smallest absolute Gasteiger partial charge is 0.180 e. The molecular formula is C9H16N4S. The van der Waals surface area contributed by atoms with E-state index in [0.29, 0.717) is 5.13 Å². The first-order chi connectivity index (χ1) is 6.84. The lowest BCUT2D eigenvalue weighted by Gasteiger charge is -2.26. The number of nitrogens with zero attached hydrogens (tertiary/aromatic N) is 2. The third kappa shape index (κ3) is 2.67. The van der Waals surface area contributed by atoms with Gasteiger partial charge in [-0.05, 0) is 6.42 Å². The predicted octanol–water partition coefficient (Wildman–Crippen LogP) is 0.173. The minimum absolute atomic E-state index is 0.681. The van der Waals surface area contributed by atoms with Gasteiger partial charge < -0.3 is 16.0 Å². The summed E-state index contributed by atoms with van der Waals surface area (Å²) in [6, 6.07) is 0. The van der Waals surface area contributed by atoms with Crippen LogP contribution in [0.1, 0.15) is 4.88 Å². The minimum atomic E-state index is 0.681. The third-order valence-corrected chi connectivity index (χ3v) is 3.34. The van der Waals surface area contributed by atoms with Crippen molar-refractivity contribution in [3.05, 3.63) is 11.1 Å². The maximum atomic E-state index is 5.57. The molecule has 0 aliphatic carbocycles. The van der Waals surface area contributed by atoms with Crippen LogP contribution in [-0.4, -0.2) is 42.6 Å². The van der Waals surface area contributed by atoms with E-state index in [1.165, 1.54) is 4.88 Å². The van der Waals surface area contributed by atoms with Crippen LogP contribution in [0.3, 0.4) is 0 Å². The second kappa shape index (κ2) is 4.72. The summed E-state index contributed by atoms with van der Waals surface area (Å²) in [5.41, 5.74) is 5.57. The Morgan fingerprint density at radius 3 is 2.93 bits per heavy atom. The summed E-state index contributed by atoms with van der Waals surface area (Å²) in [5, 5.41) is 4.03. The zero-order chi connectivity index (χ0) is 9.80. The molecule has 14 heavy (non-hydrogen) atoms. The van der Waals surface area contributed by atoms with E-state index in [1.807, 2.05) is 6.20 Å².